The van der Waals surface area contributed by atoms with Gasteiger partial charge in [-0.15, -0.1) is 0 Å². The van der Waals surface area contributed by atoms with E-state index in [0.29, 0.717) is 24.5 Å². The van der Waals surface area contributed by atoms with Crippen molar-refractivity contribution in [3.8, 4) is 0 Å². The van der Waals surface area contributed by atoms with Crippen molar-refractivity contribution in [3.63, 3.8) is 0 Å². The van der Waals surface area contributed by atoms with Gasteiger partial charge < -0.3 is 14.6 Å². The smallest absolute Gasteiger partial charge is 0.227 e. The first-order valence-electron chi connectivity index (χ1n) is 7.45. The molecule has 22 heavy (non-hydrogen) atoms. The number of hydrogen-bond donors (Lipinski definition) is 1. The number of pyridine rings is 2. The Bertz CT molecular complexity index is 777. The molecule has 2 aromatic rings. The molecule has 3 heterocycles. The van der Waals surface area contributed by atoms with Crippen LogP contribution in [0.25, 0.3) is 5.52 Å². The van der Waals surface area contributed by atoms with Crippen LogP contribution in [0.2, 0.25) is 0 Å². The molecule has 1 saturated heterocycles. The SMILES string of the molecule is C=C1NC(=O)CCN1c1c(C)n2ccccc2cc1=O.CC. The maximum atomic E-state index is 12.4. The van der Waals surface area contributed by atoms with Gasteiger partial charge in [-0.3, -0.25) is 9.59 Å². The van der Waals surface area contributed by atoms with Crippen LogP contribution in [-0.4, -0.2) is 16.9 Å². The van der Waals surface area contributed by atoms with E-state index in [-0.39, 0.29) is 11.3 Å². The molecule has 0 aliphatic carbocycles. The largest absolute Gasteiger partial charge is 0.323 e. The lowest BCUT2D eigenvalue weighted by Gasteiger charge is -2.31. The molecule has 0 unspecified atom stereocenters. The van der Waals surface area contributed by atoms with Crippen molar-refractivity contribution in [1.82, 2.24) is 9.72 Å². The van der Waals surface area contributed by atoms with Gasteiger partial charge in [0.2, 0.25) is 11.3 Å². The summed E-state index contributed by atoms with van der Waals surface area (Å²) in [5.74, 6) is 0.391. The number of amides is 1. The van der Waals surface area contributed by atoms with E-state index >= 15 is 0 Å². The average Bonchev–Trinajstić information content (AvgIpc) is 2.51. The van der Waals surface area contributed by atoms with E-state index in [1.165, 1.54) is 0 Å². The molecule has 0 spiro atoms. The topological polar surface area (TPSA) is 53.8 Å². The van der Waals surface area contributed by atoms with Gasteiger partial charge in [-0.25, -0.2) is 0 Å². The highest BCUT2D eigenvalue weighted by atomic mass is 16.2. The maximum Gasteiger partial charge on any atom is 0.227 e. The number of nitrogens with zero attached hydrogens (tertiary/aromatic N) is 2. The minimum Gasteiger partial charge on any atom is -0.323 e. The molecule has 3 rings (SSSR count). The van der Waals surface area contributed by atoms with Gasteiger partial charge in [0, 0.05) is 36.4 Å². The van der Waals surface area contributed by atoms with Crippen LogP contribution in [0.1, 0.15) is 26.0 Å². The number of aryl methyl sites for hydroxylation is 1. The van der Waals surface area contributed by atoms with Crippen LogP contribution < -0.4 is 15.6 Å². The molecule has 116 valence electrons. The van der Waals surface area contributed by atoms with Crippen LogP contribution in [0.3, 0.4) is 0 Å². The normalized spacial score (nSPS) is 14.4. The van der Waals surface area contributed by atoms with Crippen LogP contribution in [0, 0.1) is 6.92 Å². The van der Waals surface area contributed by atoms with Crippen molar-refractivity contribution in [2.24, 2.45) is 0 Å². The number of hydrogen-bond acceptors (Lipinski definition) is 3. The van der Waals surface area contributed by atoms with E-state index in [2.05, 4.69) is 11.9 Å². The van der Waals surface area contributed by atoms with Crippen molar-refractivity contribution in [3.05, 3.63) is 58.8 Å². The lowest BCUT2D eigenvalue weighted by atomic mass is 10.2. The molecule has 0 atom stereocenters. The number of fused-ring (bicyclic) bond motifs is 1. The molecule has 1 aliphatic heterocycles. The molecule has 1 amide bonds. The summed E-state index contributed by atoms with van der Waals surface area (Å²) >= 11 is 0. The fraction of sp³-hybridized carbons (Fsp3) is 0.294. The first-order valence-corrected chi connectivity index (χ1v) is 7.45. The van der Waals surface area contributed by atoms with Crippen LogP contribution >= 0.6 is 0 Å². The van der Waals surface area contributed by atoms with Crippen molar-refractivity contribution < 1.29 is 4.79 Å². The predicted octanol–water partition coefficient (Wildman–Crippen LogP) is 2.43. The molecule has 5 nitrogen and oxygen atoms in total. The monoisotopic (exact) mass is 299 g/mol. The molecule has 1 fully saturated rings. The van der Waals surface area contributed by atoms with Gasteiger partial charge in [-0.05, 0) is 19.1 Å². The number of rotatable bonds is 1. The summed E-state index contributed by atoms with van der Waals surface area (Å²) in [6.45, 7) is 10.2. The zero-order chi connectivity index (χ0) is 16.3. The highest BCUT2D eigenvalue weighted by Crippen LogP contribution is 2.21. The number of nitrogens with one attached hydrogen (secondary N) is 1. The number of carbonyl (C=O) groups is 1. The van der Waals surface area contributed by atoms with Gasteiger partial charge in [0.15, 0.2) is 0 Å². The van der Waals surface area contributed by atoms with Crippen molar-refractivity contribution in [2.75, 3.05) is 11.4 Å². The highest BCUT2D eigenvalue weighted by Gasteiger charge is 2.23. The van der Waals surface area contributed by atoms with Gasteiger partial charge in [-0.2, -0.15) is 0 Å². The minimum atomic E-state index is -0.0650. The third-order valence-corrected chi connectivity index (χ3v) is 3.55. The quantitative estimate of drug-likeness (QED) is 0.880. The summed E-state index contributed by atoms with van der Waals surface area (Å²) in [4.78, 5) is 25.5. The highest BCUT2D eigenvalue weighted by molar-refractivity contribution is 5.81. The Morgan fingerprint density at radius 3 is 2.64 bits per heavy atom. The summed E-state index contributed by atoms with van der Waals surface area (Å²) in [5, 5.41) is 2.67. The van der Waals surface area contributed by atoms with E-state index in [4.69, 9.17) is 0 Å². The molecular formula is C17H21N3O2. The van der Waals surface area contributed by atoms with Crippen LogP contribution in [-0.2, 0) is 4.79 Å². The zero-order valence-corrected chi connectivity index (χ0v) is 13.2. The Labute approximate surface area is 129 Å². The van der Waals surface area contributed by atoms with Crippen molar-refractivity contribution >= 4 is 17.1 Å². The van der Waals surface area contributed by atoms with E-state index in [9.17, 15) is 9.59 Å². The third kappa shape index (κ3) is 2.74. The van der Waals surface area contributed by atoms with Crippen LogP contribution in [0.5, 0.6) is 0 Å². The van der Waals surface area contributed by atoms with E-state index in [1.54, 1.807) is 11.0 Å². The molecule has 0 aromatic carbocycles. The third-order valence-electron chi connectivity index (χ3n) is 3.55. The Balaban J connectivity index is 0.000000847. The van der Waals surface area contributed by atoms with Crippen molar-refractivity contribution in [2.45, 2.75) is 27.2 Å². The predicted molar refractivity (Wildman–Crippen MR) is 89.0 cm³/mol. The average molecular weight is 299 g/mol. The van der Waals surface area contributed by atoms with Crippen molar-refractivity contribution in [1.29, 1.82) is 0 Å². The molecule has 5 heteroatoms. The molecule has 0 bridgehead atoms. The van der Waals surface area contributed by atoms with Gasteiger partial charge in [0.1, 0.15) is 11.5 Å². The second-order valence-electron chi connectivity index (χ2n) is 4.83. The number of carbonyl (C=O) groups excluding carboxylic acids is 1. The van der Waals surface area contributed by atoms with Gasteiger partial charge in [-0.1, -0.05) is 26.5 Å². The molecular weight excluding hydrogens is 278 g/mol. The summed E-state index contributed by atoms with van der Waals surface area (Å²) in [6, 6.07) is 7.31. The number of aromatic nitrogens is 1. The Kier molecular flexibility index (Phi) is 4.65. The summed E-state index contributed by atoms with van der Waals surface area (Å²) in [6.07, 6.45) is 2.27. The Morgan fingerprint density at radius 1 is 1.23 bits per heavy atom. The molecule has 0 saturated carbocycles. The van der Waals surface area contributed by atoms with Gasteiger partial charge in [0.25, 0.3) is 0 Å². The second-order valence-corrected chi connectivity index (χ2v) is 4.83. The Hall–Kier alpha value is -2.56. The van der Waals surface area contributed by atoms with E-state index in [0.717, 1.165) is 11.2 Å². The summed E-state index contributed by atoms with van der Waals surface area (Å²) < 4.78 is 1.96. The second kappa shape index (κ2) is 6.47. The van der Waals surface area contributed by atoms with E-state index in [1.807, 2.05) is 49.6 Å². The summed E-state index contributed by atoms with van der Waals surface area (Å²) in [7, 11) is 0. The fourth-order valence-corrected chi connectivity index (χ4v) is 2.59. The first-order chi connectivity index (χ1) is 10.6. The zero-order valence-electron chi connectivity index (χ0n) is 13.2. The lowest BCUT2D eigenvalue weighted by Crippen LogP contribution is -2.44. The molecule has 1 aliphatic rings. The minimum absolute atomic E-state index is 0.0639. The molecule has 0 radical (unpaired) electrons. The van der Waals surface area contributed by atoms with Crippen LogP contribution in [0.4, 0.5) is 5.69 Å². The van der Waals surface area contributed by atoms with Gasteiger partial charge >= 0.3 is 0 Å². The maximum absolute atomic E-state index is 12.4. The van der Waals surface area contributed by atoms with E-state index < -0.39 is 0 Å². The summed E-state index contributed by atoms with van der Waals surface area (Å²) in [5.41, 5.74) is 2.19. The fourth-order valence-electron chi connectivity index (χ4n) is 2.59. The first kappa shape index (κ1) is 15.8. The standard InChI is InChI=1S/C15H15N3O2.C2H6/c1-10-15(18-8-6-14(20)16-11(18)2)13(19)9-12-5-3-4-7-17(10)12;1-2/h3-5,7,9H,2,6,8H2,1H3,(H,16,20);1-2H3. The van der Waals surface area contributed by atoms with Crippen LogP contribution in [0.15, 0.2) is 47.7 Å². The van der Waals surface area contributed by atoms with Gasteiger partial charge in [0.05, 0.1) is 0 Å². The molecule has 1 N–H and O–H groups in total. The lowest BCUT2D eigenvalue weighted by molar-refractivity contribution is -0.120. The number of anilines is 1. The molecule has 2 aromatic heterocycles. The Morgan fingerprint density at radius 2 is 1.95 bits per heavy atom.